The second-order valence-corrected chi connectivity index (χ2v) is 13.6. The molecule has 0 unspecified atom stereocenters. The standard InChI is InChI=1S/C24H39NO5Si/c1-8-31(9-2,10-3)29-16-18(6)20(26)24(23(27)28-7)21(17(4)5)30-22(25-24)19-14-12-11-13-15-19/h11-15,17-18,20-21,26H,8-10,16H2,1-7H3/t18-,20+,21-,24-/m0/s1. The molecule has 0 aliphatic carbocycles. The molecule has 174 valence electrons. The second kappa shape index (κ2) is 10.7. The number of hydrogen-bond acceptors (Lipinski definition) is 6. The number of hydrogen-bond donors (Lipinski definition) is 1. The summed E-state index contributed by atoms with van der Waals surface area (Å²) in [6.45, 7) is 12.7. The fourth-order valence-electron chi connectivity index (χ4n) is 4.40. The van der Waals surface area contributed by atoms with Crippen molar-refractivity contribution >= 4 is 20.2 Å². The van der Waals surface area contributed by atoms with Crippen LogP contribution in [0.3, 0.4) is 0 Å². The monoisotopic (exact) mass is 449 g/mol. The zero-order chi connectivity index (χ0) is 23.2. The van der Waals surface area contributed by atoms with Crippen molar-refractivity contribution in [1.29, 1.82) is 0 Å². The minimum Gasteiger partial charge on any atom is -0.471 e. The molecule has 0 aromatic heterocycles. The molecule has 1 N–H and O–H groups in total. The lowest BCUT2D eigenvalue weighted by Gasteiger charge is -2.38. The first-order valence-corrected chi connectivity index (χ1v) is 14.0. The molecule has 4 atom stereocenters. The van der Waals surface area contributed by atoms with Crippen molar-refractivity contribution in [3.63, 3.8) is 0 Å². The summed E-state index contributed by atoms with van der Waals surface area (Å²) in [5.41, 5.74) is -0.768. The van der Waals surface area contributed by atoms with E-state index in [1.54, 1.807) is 0 Å². The molecule has 1 aliphatic rings. The molecule has 7 heteroatoms. The van der Waals surface area contributed by atoms with Gasteiger partial charge < -0.3 is 19.0 Å². The van der Waals surface area contributed by atoms with Gasteiger partial charge >= 0.3 is 5.97 Å². The van der Waals surface area contributed by atoms with Crippen LogP contribution in [0.4, 0.5) is 0 Å². The molecular formula is C24H39NO5Si. The van der Waals surface area contributed by atoms with E-state index in [4.69, 9.17) is 18.9 Å². The summed E-state index contributed by atoms with van der Waals surface area (Å²) in [4.78, 5) is 17.9. The number of carbonyl (C=O) groups excluding carboxylic acids is 1. The number of aliphatic hydroxyl groups excluding tert-OH is 1. The number of methoxy groups -OCH3 is 1. The van der Waals surface area contributed by atoms with Crippen LogP contribution in [0.1, 0.15) is 47.1 Å². The average Bonchev–Trinajstić information content (AvgIpc) is 3.22. The van der Waals surface area contributed by atoms with Crippen LogP contribution in [0.5, 0.6) is 0 Å². The summed E-state index contributed by atoms with van der Waals surface area (Å²) in [6.07, 6.45) is -1.75. The maximum absolute atomic E-state index is 13.1. The summed E-state index contributed by atoms with van der Waals surface area (Å²) in [5.74, 6) is -0.612. The molecule has 1 aromatic rings. The van der Waals surface area contributed by atoms with Crippen molar-refractivity contribution in [3.8, 4) is 0 Å². The fraction of sp³-hybridized carbons (Fsp3) is 0.667. The second-order valence-electron chi connectivity index (χ2n) is 8.86. The van der Waals surface area contributed by atoms with E-state index in [2.05, 4.69) is 20.8 Å². The Hall–Kier alpha value is -1.70. The zero-order valence-electron chi connectivity index (χ0n) is 20.1. The van der Waals surface area contributed by atoms with E-state index in [0.29, 0.717) is 12.5 Å². The number of carbonyl (C=O) groups is 1. The Kier molecular flexibility index (Phi) is 8.86. The van der Waals surface area contributed by atoms with Crippen LogP contribution < -0.4 is 0 Å². The SMILES string of the molecule is CC[Si](CC)(CC)OC[C@H](C)[C@@H](O)[C@]1(C(=O)OC)N=C(c2ccccc2)O[C@H]1C(C)C. The molecule has 31 heavy (non-hydrogen) atoms. The van der Waals surface area contributed by atoms with E-state index in [1.165, 1.54) is 7.11 Å². The van der Waals surface area contributed by atoms with Gasteiger partial charge in [-0.15, -0.1) is 0 Å². The van der Waals surface area contributed by atoms with Crippen LogP contribution in [0.2, 0.25) is 18.1 Å². The third kappa shape index (κ3) is 5.04. The van der Waals surface area contributed by atoms with Gasteiger partial charge in [-0.3, -0.25) is 0 Å². The number of esters is 1. The quantitative estimate of drug-likeness (QED) is 0.400. The smallest absolute Gasteiger partial charge is 0.340 e. The average molecular weight is 450 g/mol. The molecule has 0 bridgehead atoms. The van der Waals surface area contributed by atoms with Crippen molar-refractivity contribution < 1.29 is 23.8 Å². The first-order chi connectivity index (χ1) is 14.7. The molecule has 0 spiro atoms. The van der Waals surface area contributed by atoms with Gasteiger partial charge in [0.05, 0.1) is 13.2 Å². The molecular weight excluding hydrogens is 410 g/mol. The first-order valence-electron chi connectivity index (χ1n) is 11.4. The van der Waals surface area contributed by atoms with Crippen molar-refractivity contribution in [3.05, 3.63) is 35.9 Å². The van der Waals surface area contributed by atoms with E-state index in [9.17, 15) is 9.90 Å². The number of aliphatic hydroxyl groups is 1. The molecule has 6 nitrogen and oxygen atoms in total. The minimum absolute atomic E-state index is 0.0674. The highest BCUT2D eigenvalue weighted by Gasteiger charge is 2.60. The van der Waals surface area contributed by atoms with Crippen LogP contribution in [-0.2, 0) is 18.7 Å². The van der Waals surface area contributed by atoms with Gasteiger partial charge in [0.25, 0.3) is 0 Å². The molecule has 1 aromatic carbocycles. The highest BCUT2D eigenvalue weighted by Crippen LogP contribution is 2.39. The van der Waals surface area contributed by atoms with Gasteiger partial charge in [-0.05, 0) is 36.2 Å². The number of nitrogens with zero attached hydrogens (tertiary/aromatic N) is 1. The predicted octanol–water partition coefficient (Wildman–Crippen LogP) is 4.42. The maximum atomic E-state index is 13.1. The molecule has 1 aliphatic heterocycles. The molecule has 0 saturated heterocycles. The summed E-state index contributed by atoms with van der Waals surface area (Å²) < 4.78 is 17.8. The van der Waals surface area contributed by atoms with Gasteiger partial charge in [0.15, 0.2) is 8.32 Å². The number of rotatable bonds is 11. The largest absolute Gasteiger partial charge is 0.471 e. The summed E-state index contributed by atoms with van der Waals surface area (Å²) in [5, 5.41) is 11.5. The first kappa shape index (κ1) is 25.6. The highest BCUT2D eigenvalue weighted by atomic mass is 28.4. The number of aliphatic imine (C=N–C) groups is 1. The summed E-state index contributed by atoms with van der Waals surface area (Å²) in [6, 6.07) is 12.5. The number of ether oxygens (including phenoxy) is 2. The van der Waals surface area contributed by atoms with Crippen molar-refractivity contribution in [2.75, 3.05) is 13.7 Å². The van der Waals surface area contributed by atoms with E-state index in [1.807, 2.05) is 51.1 Å². The van der Waals surface area contributed by atoms with Crippen molar-refractivity contribution in [2.24, 2.45) is 16.8 Å². The molecule has 1 heterocycles. The molecule has 0 radical (unpaired) electrons. The maximum Gasteiger partial charge on any atom is 0.340 e. The number of benzene rings is 1. The van der Waals surface area contributed by atoms with E-state index in [-0.39, 0.29) is 11.8 Å². The Morgan fingerprint density at radius 2 is 1.74 bits per heavy atom. The summed E-state index contributed by atoms with van der Waals surface area (Å²) >= 11 is 0. The lowest BCUT2D eigenvalue weighted by molar-refractivity contribution is -0.160. The molecule has 0 saturated carbocycles. The van der Waals surface area contributed by atoms with Crippen LogP contribution in [-0.4, -0.2) is 56.8 Å². The van der Waals surface area contributed by atoms with Crippen molar-refractivity contribution in [2.45, 2.75) is 77.4 Å². The fourth-order valence-corrected chi connectivity index (χ4v) is 7.12. The van der Waals surface area contributed by atoms with Gasteiger partial charge in [-0.1, -0.05) is 59.7 Å². The molecule has 0 fully saturated rings. The Morgan fingerprint density at radius 1 is 1.16 bits per heavy atom. The van der Waals surface area contributed by atoms with Gasteiger partial charge in [0, 0.05) is 18.1 Å². The lowest BCUT2D eigenvalue weighted by Crippen LogP contribution is -2.60. The van der Waals surface area contributed by atoms with Gasteiger partial charge in [0.1, 0.15) is 6.10 Å². The van der Waals surface area contributed by atoms with E-state index >= 15 is 0 Å². The predicted molar refractivity (Wildman–Crippen MR) is 126 cm³/mol. The topological polar surface area (TPSA) is 77.4 Å². The molecule has 0 amide bonds. The Morgan fingerprint density at radius 3 is 2.23 bits per heavy atom. The van der Waals surface area contributed by atoms with Crippen LogP contribution in [0.25, 0.3) is 0 Å². The lowest BCUT2D eigenvalue weighted by atomic mass is 9.77. The highest BCUT2D eigenvalue weighted by molar-refractivity contribution is 6.73. The van der Waals surface area contributed by atoms with E-state index in [0.717, 1.165) is 23.7 Å². The van der Waals surface area contributed by atoms with Crippen LogP contribution >= 0.6 is 0 Å². The van der Waals surface area contributed by atoms with Crippen molar-refractivity contribution in [1.82, 2.24) is 0 Å². The third-order valence-corrected chi connectivity index (χ3v) is 11.3. The Balaban J connectivity index is 2.42. The third-order valence-electron chi connectivity index (χ3n) is 6.67. The van der Waals surface area contributed by atoms with Crippen LogP contribution in [0, 0.1) is 11.8 Å². The normalized spacial score (nSPS) is 23.3. The van der Waals surface area contributed by atoms with Crippen LogP contribution in [0.15, 0.2) is 35.3 Å². The molecule has 2 rings (SSSR count). The minimum atomic E-state index is -1.82. The Bertz CT molecular complexity index is 741. The van der Waals surface area contributed by atoms with Gasteiger partial charge in [-0.25, -0.2) is 9.79 Å². The van der Waals surface area contributed by atoms with E-state index < -0.39 is 32.0 Å². The zero-order valence-corrected chi connectivity index (χ0v) is 21.1. The Labute approximate surface area is 188 Å². The van der Waals surface area contributed by atoms with Gasteiger partial charge in [-0.2, -0.15) is 0 Å². The summed E-state index contributed by atoms with van der Waals surface area (Å²) in [7, 11) is -0.497. The van der Waals surface area contributed by atoms with Gasteiger partial charge in [0.2, 0.25) is 11.4 Å².